The second-order valence-corrected chi connectivity index (χ2v) is 6.47. The number of benzene rings is 2. The molecular weight excluding hydrogens is 358 g/mol. The normalized spacial score (nSPS) is 10.8. The van der Waals surface area contributed by atoms with Gasteiger partial charge in [-0.15, -0.1) is 0 Å². The first kappa shape index (κ1) is 19.6. The maximum Gasteiger partial charge on any atom is 0.262 e. The Hall–Kier alpha value is -3.15. The molecule has 28 heavy (non-hydrogen) atoms. The molecule has 1 heterocycles. The lowest BCUT2D eigenvalue weighted by Gasteiger charge is -2.15. The number of aromatic nitrogens is 1. The lowest BCUT2D eigenvalue weighted by molar-refractivity contribution is 0.354. The van der Waals surface area contributed by atoms with E-state index in [1.54, 1.807) is 33.0 Å². The van der Waals surface area contributed by atoms with Gasteiger partial charge in [-0.05, 0) is 54.1 Å². The fraction of sp³-hybridized carbons (Fsp3) is 0.318. The Kier molecular flexibility index (Phi) is 5.78. The molecule has 0 fully saturated rings. The summed E-state index contributed by atoms with van der Waals surface area (Å²) in [7, 11) is 6.33. The summed E-state index contributed by atoms with van der Waals surface area (Å²) in [6.07, 6.45) is 2.56. The van der Waals surface area contributed by atoms with E-state index in [4.69, 9.17) is 18.9 Å². The van der Waals surface area contributed by atoms with Gasteiger partial charge in [-0.1, -0.05) is 6.07 Å². The second kappa shape index (κ2) is 8.25. The number of pyridine rings is 1. The minimum absolute atomic E-state index is 0.100. The molecule has 3 rings (SSSR count). The minimum atomic E-state index is -0.100. The lowest BCUT2D eigenvalue weighted by atomic mass is 10.1. The van der Waals surface area contributed by atoms with Crippen molar-refractivity contribution in [2.45, 2.75) is 19.9 Å². The SMILES string of the molecule is COc1ccc(CCn2cc(C)c3ccc(OC)c(OC)c3c2=O)cc1OC. The van der Waals surface area contributed by atoms with Crippen LogP contribution in [-0.2, 0) is 13.0 Å². The molecule has 148 valence electrons. The van der Waals surface area contributed by atoms with Crippen molar-refractivity contribution < 1.29 is 18.9 Å². The quantitative estimate of drug-likeness (QED) is 0.624. The van der Waals surface area contributed by atoms with Crippen molar-refractivity contribution in [2.75, 3.05) is 28.4 Å². The van der Waals surface area contributed by atoms with Crippen LogP contribution in [0.3, 0.4) is 0 Å². The van der Waals surface area contributed by atoms with Crippen LogP contribution in [0.1, 0.15) is 11.1 Å². The van der Waals surface area contributed by atoms with E-state index in [0.29, 0.717) is 41.3 Å². The Morgan fingerprint density at radius 3 is 2.18 bits per heavy atom. The molecule has 0 spiro atoms. The molecule has 0 aliphatic carbocycles. The molecule has 0 saturated heterocycles. The van der Waals surface area contributed by atoms with Crippen LogP contribution < -0.4 is 24.5 Å². The van der Waals surface area contributed by atoms with E-state index in [2.05, 4.69) is 0 Å². The van der Waals surface area contributed by atoms with Gasteiger partial charge in [-0.3, -0.25) is 4.79 Å². The van der Waals surface area contributed by atoms with Crippen molar-refractivity contribution in [3.05, 3.63) is 58.0 Å². The van der Waals surface area contributed by atoms with Crippen molar-refractivity contribution in [3.8, 4) is 23.0 Å². The molecule has 0 bridgehead atoms. The average Bonchev–Trinajstić information content (AvgIpc) is 2.73. The number of nitrogens with zero attached hydrogens (tertiary/aromatic N) is 1. The van der Waals surface area contributed by atoms with Gasteiger partial charge < -0.3 is 23.5 Å². The summed E-state index contributed by atoms with van der Waals surface area (Å²) in [5.41, 5.74) is 1.96. The third-order valence-corrected chi connectivity index (χ3v) is 4.88. The monoisotopic (exact) mass is 383 g/mol. The van der Waals surface area contributed by atoms with Crippen LogP contribution in [0.25, 0.3) is 10.8 Å². The zero-order valence-corrected chi connectivity index (χ0v) is 16.9. The van der Waals surface area contributed by atoms with Crippen LogP contribution in [0.15, 0.2) is 41.3 Å². The molecule has 0 N–H and O–H groups in total. The first-order valence-corrected chi connectivity index (χ1v) is 8.99. The number of rotatable bonds is 7. The fourth-order valence-electron chi connectivity index (χ4n) is 3.43. The van der Waals surface area contributed by atoms with Crippen molar-refractivity contribution in [1.82, 2.24) is 4.57 Å². The van der Waals surface area contributed by atoms with Crippen LogP contribution in [0.4, 0.5) is 0 Å². The second-order valence-electron chi connectivity index (χ2n) is 6.47. The summed E-state index contributed by atoms with van der Waals surface area (Å²) in [4.78, 5) is 13.2. The van der Waals surface area contributed by atoms with Crippen molar-refractivity contribution >= 4 is 10.8 Å². The lowest BCUT2D eigenvalue weighted by Crippen LogP contribution is -2.22. The number of hydrogen-bond donors (Lipinski definition) is 0. The van der Waals surface area contributed by atoms with E-state index in [1.807, 2.05) is 43.5 Å². The summed E-state index contributed by atoms with van der Waals surface area (Å²) in [5.74, 6) is 2.37. The maximum absolute atomic E-state index is 13.2. The number of aryl methyl sites for hydroxylation is 3. The minimum Gasteiger partial charge on any atom is -0.493 e. The maximum atomic E-state index is 13.2. The van der Waals surface area contributed by atoms with Crippen molar-refractivity contribution in [1.29, 1.82) is 0 Å². The molecule has 0 unspecified atom stereocenters. The molecule has 0 atom stereocenters. The summed E-state index contributed by atoms with van der Waals surface area (Å²) >= 11 is 0. The van der Waals surface area contributed by atoms with Crippen LogP contribution in [-0.4, -0.2) is 33.0 Å². The Morgan fingerprint density at radius 2 is 1.54 bits per heavy atom. The molecule has 3 aromatic rings. The topological polar surface area (TPSA) is 58.9 Å². The molecule has 0 radical (unpaired) electrons. The molecule has 1 aromatic heterocycles. The van der Waals surface area contributed by atoms with Gasteiger partial charge in [0.15, 0.2) is 23.0 Å². The summed E-state index contributed by atoms with van der Waals surface area (Å²) < 4.78 is 23.2. The first-order chi connectivity index (χ1) is 13.5. The van der Waals surface area contributed by atoms with Gasteiger partial charge in [0, 0.05) is 12.7 Å². The molecule has 0 amide bonds. The third kappa shape index (κ3) is 3.50. The number of hydrogen-bond acceptors (Lipinski definition) is 5. The van der Waals surface area contributed by atoms with E-state index in [-0.39, 0.29) is 5.56 Å². The standard InChI is InChI=1S/C22H25NO5/c1-14-13-23(11-10-15-6-8-17(25-2)19(12-15)27-4)22(24)20-16(14)7-9-18(26-3)21(20)28-5/h6-9,12-13H,10-11H2,1-5H3. The molecule has 0 saturated carbocycles. The Bertz CT molecular complexity index is 1050. The van der Waals surface area contributed by atoms with Gasteiger partial charge in [-0.2, -0.15) is 0 Å². The summed E-state index contributed by atoms with van der Waals surface area (Å²) in [5, 5.41) is 1.40. The Labute approximate surface area is 164 Å². The number of fused-ring (bicyclic) bond motifs is 1. The van der Waals surface area contributed by atoms with Crippen molar-refractivity contribution in [3.63, 3.8) is 0 Å². The summed E-state index contributed by atoms with van der Waals surface area (Å²) in [6.45, 7) is 2.52. The highest BCUT2D eigenvalue weighted by molar-refractivity contribution is 5.92. The van der Waals surface area contributed by atoms with E-state index < -0.39 is 0 Å². The first-order valence-electron chi connectivity index (χ1n) is 8.99. The smallest absolute Gasteiger partial charge is 0.262 e. The van der Waals surface area contributed by atoms with Gasteiger partial charge >= 0.3 is 0 Å². The van der Waals surface area contributed by atoms with E-state index in [0.717, 1.165) is 16.5 Å². The Morgan fingerprint density at radius 1 is 0.857 bits per heavy atom. The number of ether oxygens (including phenoxy) is 4. The molecule has 0 aliphatic rings. The van der Waals surface area contributed by atoms with Gasteiger partial charge in [0.2, 0.25) is 0 Å². The van der Waals surface area contributed by atoms with Crippen LogP contribution in [0, 0.1) is 6.92 Å². The van der Waals surface area contributed by atoms with Gasteiger partial charge in [-0.25, -0.2) is 0 Å². The molecule has 6 heteroatoms. The highest BCUT2D eigenvalue weighted by Crippen LogP contribution is 2.34. The Balaban J connectivity index is 2.00. The predicted octanol–water partition coefficient (Wildman–Crippen LogP) is 3.59. The third-order valence-electron chi connectivity index (χ3n) is 4.88. The molecule has 0 aliphatic heterocycles. The van der Waals surface area contributed by atoms with E-state index in [9.17, 15) is 4.79 Å². The largest absolute Gasteiger partial charge is 0.493 e. The van der Waals surface area contributed by atoms with Crippen LogP contribution in [0.2, 0.25) is 0 Å². The zero-order valence-electron chi connectivity index (χ0n) is 16.9. The van der Waals surface area contributed by atoms with E-state index >= 15 is 0 Å². The van der Waals surface area contributed by atoms with E-state index in [1.165, 1.54) is 0 Å². The highest BCUT2D eigenvalue weighted by atomic mass is 16.5. The van der Waals surface area contributed by atoms with Crippen molar-refractivity contribution in [2.24, 2.45) is 0 Å². The molecule has 2 aromatic carbocycles. The average molecular weight is 383 g/mol. The van der Waals surface area contributed by atoms with Gasteiger partial charge in [0.1, 0.15) is 0 Å². The molecule has 6 nitrogen and oxygen atoms in total. The van der Waals surface area contributed by atoms with Gasteiger partial charge in [0.05, 0.1) is 33.8 Å². The zero-order chi connectivity index (χ0) is 20.3. The number of methoxy groups -OCH3 is 4. The highest BCUT2D eigenvalue weighted by Gasteiger charge is 2.16. The predicted molar refractivity (Wildman–Crippen MR) is 109 cm³/mol. The fourth-order valence-corrected chi connectivity index (χ4v) is 3.43. The molecular formula is C22H25NO5. The summed E-state index contributed by atoms with van der Waals surface area (Å²) in [6, 6.07) is 9.50. The van der Waals surface area contributed by atoms with Crippen LogP contribution >= 0.6 is 0 Å². The van der Waals surface area contributed by atoms with Gasteiger partial charge in [0.25, 0.3) is 5.56 Å². The van der Waals surface area contributed by atoms with Crippen LogP contribution in [0.5, 0.6) is 23.0 Å².